The molecule has 138 valence electrons. The zero-order valence-electron chi connectivity index (χ0n) is 14.7. The van der Waals surface area contributed by atoms with Crippen LogP contribution in [0.25, 0.3) is 11.4 Å². The van der Waals surface area contributed by atoms with E-state index >= 15 is 0 Å². The quantitative estimate of drug-likeness (QED) is 0.488. The van der Waals surface area contributed by atoms with Gasteiger partial charge in [-0.15, -0.1) is 0 Å². The first-order valence-electron chi connectivity index (χ1n) is 8.54. The molecule has 0 atom stereocenters. The Labute approximate surface area is 165 Å². The van der Waals surface area contributed by atoms with E-state index < -0.39 is 0 Å². The second-order valence-corrected chi connectivity index (χ2v) is 6.86. The summed E-state index contributed by atoms with van der Waals surface area (Å²) in [5.74, 6) is 1.16. The Morgan fingerprint density at radius 2 is 1.71 bits per heavy atom. The van der Waals surface area contributed by atoms with E-state index in [-0.39, 0.29) is 5.91 Å². The summed E-state index contributed by atoms with van der Waals surface area (Å²) in [6.45, 7) is 0. The topological polar surface area (TPSA) is 96.5 Å². The lowest BCUT2D eigenvalue weighted by Gasteiger charge is -2.06. The molecule has 0 aliphatic rings. The number of nitrogens with zero attached hydrogens (tertiary/aromatic N) is 4. The van der Waals surface area contributed by atoms with Gasteiger partial charge >= 0.3 is 0 Å². The summed E-state index contributed by atoms with van der Waals surface area (Å²) in [4.78, 5) is 25.1. The molecule has 0 spiro atoms. The second kappa shape index (κ2) is 8.45. The van der Waals surface area contributed by atoms with Crippen molar-refractivity contribution in [2.24, 2.45) is 0 Å². The van der Waals surface area contributed by atoms with Crippen molar-refractivity contribution in [3.8, 4) is 11.4 Å². The highest BCUT2D eigenvalue weighted by Crippen LogP contribution is 2.19. The number of rotatable bonds is 6. The van der Waals surface area contributed by atoms with Crippen LogP contribution in [-0.4, -0.2) is 31.1 Å². The van der Waals surface area contributed by atoms with Crippen molar-refractivity contribution < 1.29 is 4.79 Å². The predicted octanol–water partition coefficient (Wildman–Crippen LogP) is 3.81. The van der Waals surface area contributed by atoms with Crippen molar-refractivity contribution in [1.29, 1.82) is 0 Å². The van der Waals surface area contributed by atoms with Crippen molar-refractivity contribution in [1.82, 2.24) is 25.1 Å². The zero-order chi connectivity index (χ0) is 19.2. The van der Waals surface area contributed by atoms with Crippen LogP contribution in [0.1, 0.15) is 15.9 Å². The Bertz CT molecular complexity index is 1030. The summed E-state index contributed by atoms with van der Waals surface area (Å²) < 4.78 is 0. The van der Waals surface area contributed by atoms with Gasteiger partial charge in [-0.2, -0.15) is 5.10 Å². The standard InChI is InChI=1S/C20H16N6OS/c27-19(16-8-6-14(7-9-16)12-28-20-23-13-24-26-20)25-17-10-21-18(22-11-17)15-4-2-1-3-5-15/h1-11,13H,12H2,(H,25,27)(H,23,24,26). The first kappa shape index (κ1) is 17.9. The second-order valence-electron chi connectivity index (χ2n) is 5.89. The van der Waals surface area contributed by atoms with Gasteiger partial charge in [-0.25, -0.2) is 15.0 Å². The molecule has 2 aromatic heterocycles. The minimum Gasteiger partial charge on any atom is -0.319 e. The molecule has 0 saturated carbocycles. The fourth-order valence-corrected chi connectivity index (χ4v) is 3.23. The maximum absolute atomic E-state index is 12.4. The van der Waals surface area contributed by atoms with E-state index in [4.69, 9.17) is 0 Å². The molecular weight excluding hydrogens is 372 g/mol. The smallest absolute Gasteiger partial charge is 0.255 e. The number of benzene rings is 2. The molecule has 0 radical (unpaired) electrons. The number of thioether (sulfide) groups is 1. The summed E-state index contributed by atoms with van der Waals surface area (Å²) in [5.41, 5.74) is 3.14. The molecule has 2 N–H and O–H groups in total. The first-order chi connectivity index (χ1) is 13.8. The van der Waals surface area contributed by atoms with Crippen LogP contribution in [-0.2, 0) is 5.75 Å². The highest BCUT2D eigenvalue weighted by atomic mass is 32.2. The lowest BCUT2D eigenvalue weighted by Crippen LogP contribution is -2.12. The van der Waals surface area contributed by atoms with Crippen molar-refractivity contribution in [2.75, 3.05) is 5.32 Å². The van der Waals surface area contributed by atoms with Crippen LogP contribution in [0.5, 0.6) is 0 Å². The van der Waals surface area contributed by atoms with E-state index in [0.717, 1.165) is 22.0 Å². The van der Waals surface area contributed by atoms with Crippen LogP contribution < -0.4 is 5.32 Å². The molecule has 0 unspecified atom stereocenters. The lowest BCUT2D eigenvalue weighted by atomic mass is 10.1. The highest BCUT2D eigenvalue weighted by Gasteiger charge is 2.08. The van der Waals surface area contributed by atoms with Crippen molar-refractivity contribution >= 4 is 23.4 Å². The van der Waals surface area contributed by atoms with E-state index in [1.807, 2.05) is 42.5 Å². The number of anilines is 1. The van der Waals surface area contributed by atoms with E-state index in [1.165, 1.54) is 6.33 Å². The van der Waals surface area contributed by atoms with Crippen molar-refractivity contribution in [3.05, 3.63) is 84.4 Å². The molecule has 4 aromatic rings. The summed E-state index contributed by atoms with van der Waals surface area (Å²) >= 11 is 1.55. The number of carbonyl (C=O) groups excluding carboxylic acids is 1. The van der Waals surface area contributed by atoms with Gasteiger partial charge < -0.3 is 5.32 Å². The molecule has 0 aliphatic heterocycles. The summed E-state index contributed by atoms with van der Waals surface area (Å²) in [7, 11) is 0. The predicted molar refractivity (Wildman–Crippen MR) is 108 cm³/mol. The van der Waals surface area contributed by atoms with Crippen LogP contribution in [0, 0.1) is 0 Å². The molecule has 0 bridgehead atoms. The maximum Gasteiger partial charge on any atom is 0.255 e. The van der Waals surface area contributed by atoms with E-state index in [9.17, 15) is 4.79 Å². The Hall–Kier alpha value is -3.52. The average molecular weight is 388 g/mol. The van der Waals surface area contributed by atoms with E-state index in [1.54, 1.807) is 36.3 Å². The van der Waals surface area contributed by atoms with Gasteiger partial charge in [0.05, 0.1) is 18.1 Å². The molecule has 28 heavy (non-hydrogen) atoms. The average Bonchev–Trinajstić information content (AvgIpc) is 3.27. The van der Waals surface area contributed by atoms with Gasteiger partial charge in [0, 0.05) is 16.9 Å². The van der Waals surface area contributed by atoms with Crippen LogP contribution in [0.4, 0.5) is 5.69 Å². The third-order valence-electron chi connectivity index (χ3n) is 3.93. The highest BCUT2D eigenvalue weighted by molar-refractivity contribution is 7.98. The van der Waals surface area contributed by atoms with Crippen molar-refractivity contribution in [2.45, 2.75) is 10.9 Å². The molecule has 4 rings (SSSR count). The number of aromatic nitrogens is 5. The number of amides is 1. The minimum atomic E-state index is -0.203. The normalized spacial score (nSPS) is 10.6. The van der Waals surface area contributed by atoms with Gasteiger partial charge in [0.1, 0.15) is 6.33 Å². The molecule has 1 amide bonds. The Morgan fingerprint density at radius 1 is 0.964 bits per heavy atom. The summed E-state index contributed by atoms with van der Waals surface area (Å²) in [6, 6.07) is 17.1. The van der Waals surface area contributed by atoms with Crippen LogP contribution in [0.2, 0.25) is 0 Å². The molecular formula is C20H16N6OS. The molecule has 8 heteroatoms. The zero-order valence-corrected chi connectivity index (χ0v) is 15.6. The molecule has 7 nitrogen and oxygen atoms in total. The number of nitrogens with one attached hydrogen (secondary N) is 2. The number of aromatic amines is 1. The van der Waals surface area contributed by atoms with E-state index in [0.29, 0.717) is 17.1 Å². The number of hydrogen-bond acceptors (Lipinski definition) is 6. The lowest BCUT2D eigenvalue weighted by molar-refractivity contribution is 0.102. The number of H-pyrrole nitrogens is 1. The third kappa shape index (κ3) is 4.41. The number of hydrogen-bond donors (Lipinski definition) is 2. The molecule has 2 aromatic carbocycles. The first-order valence-corrected chi connectivity index (χ1v) is 9.52. The molecule has 2 heterocycles. The maximum atomic E-state index is 12.4. The van der Waals surface area contributed by atoms with Crippen LogP contribution in [0.15, 0.2) is 78.5 Å². The summed E-state index contributed by atoms with van der Waals surface area (Å²) in [5, 5.41) is 10.2. The Morgan fingerprint density at radius 3 is 2.39 bits per heavy atom. The van der Waals surface area contributed by atoms with E-state index in [2.05, 4.69) is 30.5 Å². The fourth-order valence-electron chi connectivity index (χ4n) is 2.50. The van der Waals surface area contributed by atoms with Crippen LogP contribution >= 0.6 is 11.8 Å². The Kier molecular flexibility index (Phi) is 5.39. The number of carbonyl (C=O) groups is 1. The van der Waals surface area contributed by atoms with Gasteiger partial charge in [0.25, 0.3) is 5.91 Å². The summed E-state index contributed by atoms with van der Waals surface area (Å²) in [6.07, 6.45) is 4.69. The van der Waals surface area contributed by atoms with Crippen molar-refractivity contribution in [3.63, 3.8) is 0 Å². The minimum absolute atomic E-state index is 0.203. The monoisotopic (exact) mass is 388 g/mol. The largest absolute Gasteiger partial charge is 0.319 e. The third-order valence-corrected chi connectivity index (χ3v) is 4.87. The molecule has 0 saturated heterocycles. The Balaban J connectivity index is 1.36. The van der Waals surface area contributed by atoms with Crippen LogP contribution in [0.3, 0.4) is 0 Å². The van der Waals surface area contributed by atoms with Gasteiger partial charge in [-0.05, 0) is 17.7 Å². The van der Waals surface area contributed by atoms with Gasteiger partial charge in [-0.3, -0.25) is 9.89 Å². The van der Waals surface area contributed by atoms with Gasteiger partial charge in [-0.1, -0.05) is 54.2 Å². The van der Waals surface area contributed by atoms with Gasteiger partial charge in [0.2, 0.25) is 0 Å². The van der Waals surface area contributed by atoms with Gasteiger partial charge in [0.15, 0.2) is 11.0 Å². The molecule has 0 aliphatic carbocycles. The molecule has 0 fully saturated rings. The SMILES string of the molecule is O=C(Nc1cnc(-c2ccccc2)nc1)c1ccc(CSc2ncn[nH]2)cc1. The fraction of sp³-hybridized carbons (Fsp3) is 0.0500.